The summed E-state index contributed by atoms with van der Waals surface area (Å²) in [5.41, 5.74) is 3.38. The molecule has 0 spiro atoms. The number of benzene rings is 1. The predicted molar refractivity (Wildman–Crippen MR) is 71.8 cm³/mol. The van der Waals surface area contributed by atoms with Crippen molar-refractivity contribution >= 4 is 0 Å². The van der Waals surface area contributed by atoms with Gasteiger partial charge in [0.25, 0.3) is 0 Å². The molecular weight excluding hydrogens is 220 g/mol. The standard InChI is InChI=1S/C16H16N2/c17-11-12-5-1-2-6-13(12)14-9-10-18-16-8-4-3-7-15(14)16/h1-6,8,14-15,18H,7,9-10H2. The highest BCUT2D eigenvalue weighted by Gasteiger charge is 2.31. The molecule has 1 heterocycles. The van der Waals surface area contributed by atoms with E-state index in [0.29, 0.717) is 11.8 Å². The van der Waals surface area contributed by atoms with E-state index in [1.165, 1.54) is 11.3 Å². The predicted octanol–water partition coefficient (Wildman–Crippen LogP) is 3.10. The van der Waals surface area contributed by atoms with E-state index in [2.05, 4.69) is 35.7 Å². The third-order valence-corrected chi connectivity index (χ3v) is 3.95. The zero-order chi connectivity index (χ0) is 12.4. The summed E-state index contributed by atoms with van der Waals surface area (Å²) < 4.78 is 0. The summed E-state index contributed by atoms with van der Waals surface area (Å²) in [6, 6.07) is 10.4. The number of allylic oxidation sites excluding steroid dienone is 4. The average Bonchev–Trinajstić information content (AvgIpc) is 2.46. The van der Waals surface area contributed by atoms with Crippen molar-refractivity contribution in [2.24, 2.45) is 5.92 Å². The summed E-state index contributed by atoms with van der Waals surface area (Å²) in [7, 11) is 0. The van der Waals surface area contributed by atoms with E-state index >= 15 is 0 Å². The van der Waals surface area contributed by atoms with E-state index < -0.39 is 0 Å². The summed E-state index contributed by atoms with van der Waals surface area (Å²) in [4.78, 5) is 0. The fraction of sp³-hybridized carbons (Fsp3) is 0.312. The van der Waals surface area contributed by atoms with Crippen LogP contribution in [0.25, 0.3) is 0 Å². The van der Waals surface area contributed by atoms with Gasteiger partial charge in [0.1, 0.15) is 0 Å². The minimum atomic E-state index is 0.471. The van der Waals surface area contributed by atoms with Crippen molar-refractivity contribution < 1.29 is 0 Å². The van der Waals surface area contributed by atoms with Gasteiger partial charge in [0, 0.05) is 18.2 Å². The maximum atomic E-state index is 9.25. The largest absolute Gasteiger partial charge is 0.388 e. The van der Waals surface area contributed by atoms with Gasteiger partial charge in [0.2, 0.25) is 0 Å². The molecule has 0 amide bonds. The maximum Gasteiger partial charge on any atom is 0.0994 e. The van der Waals surface area contributed by atoms with Gasteiger partial charge in [-0.15, -0.1) is 0 Å². The van der Waals surface area contributed by atoms with Crippen molar-refractivity contribution in [3.05, 3.63) is 59.3 Å². The number of nitrogens with one attached hydrogen (secondary N) is 1. The van der Waals surface area contributed by atoms with Crippen molar-refractivity contribution in [1.29, 1.82) is 5.26 Å². The second-order valence-electron chi connectivity index (χ2n) is 4.91. The highest BCUT2D eigenvalue weighted by Crippen LogP contribution is 2.39. The quantitative estimate of drug-likeness (QED) is 0.813. The third kappa shape index (κ3) is 1.82. The van der Waals surface area contributed by atoms with Crippen molar-refractivity contribution in [2.45, 2.75) is 18.8 Å². The van der Waals surface area contributed by atoms with Crippen LogP contribution in [-0.4, -0.2) is 6.54 Å². The van der Waals surface area contributed by atoms with Gasteiger partial charge in [-0.2, -0.15) is 5.26 Å². The Balaban J connectivity index is 1.99. The zero-order valence-electron chi connectivity index (χ0n) is 10.3. The van der Waals surface area contributed by atoms with Crippen LogP contribution in [0.5, 0.6) is 0 Å². The minimum absolute atomic E-state index is 0.471. The van der Waals surface area contributed by atoms with E-state index in [4.69, 9.17) is 0 Å². The summed E-state index contributed by atoms with van der Waals surface area (Å²) >= 11 is 0. The number of nitrogens with zero attached hydrogens (tertiary/aromatic N) is 1. The second-order valence-corrected chi connectivity index (χ2v) is 4.91. The highest BCUT2D eigenvalue weighted by atomic mass is 14.9. The lowest BCUT2D eigenvalue weighted by molar-refractivity contribution is 0.381. The number of hydrogen-bond donors (Lipinski definition) is 1. The van der Waals surface area contributed by atoms with Crippen LogP contribution in [0.2, 0.25) is 0 Å². The van der Waals surface area contributed by atoms with Gasteiger partial charge in [-0.3, -0.25) is 0 Å². The van der Waals surface area contributed by atoms with Gasteiger partial charge in [-0.25, -0.2) is 0 Å². The molecule has 0 radical (unpaired) electrons. The number of nitriles is 1. The van der Waals surface area contributed by atoms with Crippen molar-refractivity contribution in [3.8, 4) is 6.07 Å². The molecule has 0 saturated carbocycles. The number of piperidine rings is 1. The van der Waals surface area contributed by atoms with Crippen LogP contribution < -0.4 is 5.32 Å². The molecular formula is C16H16N2. The first-order chi connectivity index (χ1) is 8.90. The smallest absolute Gasteiger partial charge is 0.0994 e. The lowest BCUT2D eigenvalue weighted by atomic mass is 9.75. The highest BCUT2D eigenvalue weighted by molar-refractivity contribution is 5.42. The fourth-order valence-corrected chi connectivity index (χ4v) is 3.09. The van der Waals surface area contributed by atoms with E-state index in [9.17, 15) is 5.26 Å². The molecule has 0 aromatic heterocycles. The number of fused-ring (bicyclic) bond motifs is 1. The second kappa shape index (κ2) is 4.70. The van der Waals surface area contributed by atoms with Gasteiger partial charge in [-0.05, 0) is 36.5 Å². The van der Waals surface area contributed by atoms with Crippen LogP contribution in [0.1, 0.15) is 29.9 Å². The molecule has 1 aliphatic heterocycles. The summed E-state index contributed by atoms with van der Waals surface area (Å²) in [6.45, 7) is 1.00. The molecule has 90 valence electrons. The molecule has 1 aliphatic carbocycles. The Bertz CT molecular complexity index is 548. The van der Waals surface area contributed by atoms with Gasteiger partial charge >= 0.3 is 0 Å². The summed E-state index contributed by atoms with van der Waals surface area (Å²) in [5.74, 6) is 0.983. The minimum Gasteiger partial charge on any atom is -0.388 e. The third-order valence-electron chi connectivity index (χ3n) is 3.95. The molecule has 18 heavy (non-hydrogen) atoms. The van der Waals surface area contributed by atoms with E-state index in [-0.39, 0.29) is 0 Å². The Labute approximate surface area is 108 Å². The Morgan fingerprint density at radius 2 is 2.11 bits per heavy atom. The Morgan fingerprint density at radius 1 is 1.22 bits per heavy atom. The molecule has 0 bridgehead atoms. The van der Waals surface area contributed by atoms with Crippen LogP contribution >= 0.6 is 0 Å². The van der Waals surface area contributed by atoms with Crippen LogP contribution in [0.4, 0.5) is 0 Å². The van der Waals surface area contributed by atoms with E-state index in [0.717, 1.165) is 24.9 Å². The van der Waals surface area contributed by atoms with Gasteiger partial charge in [-0.1, -0.05) is 30.4 Å². The van der Waals surface area contributed by atoms with Crippen molar-refractivity contribution in [3.63, 3.8) is 0 Å². The Morgan fingerprint density at radius 3 is 3.00 bits per heavy atom. The molecule has 2 unspecified atom stereocenters. The number of rotatable bonds is 1. The van der Waals surface area contributed by atoms with Crippen LogP contribution in [0, 0.1) is 17.2 Å². The molecule has 2 aliphatic rings. The van der Waals surface area contributed by atoms with Crippen LogP contribution in [0.3, 0.4) is 0 Å². The molecule has 1 aromatic carbocycles. The molecule has 1 N–H and O–H groups in total. The van der Waals surface area contributed by atoms with Crippen molar-refractivity contribution in [2.75, 3.05) is 6.54 Å². The molecule has 2 nitrogen and oxygen atoms in total. The Kier molecular flexibility index (Phi) is 2.90. The first kappa shape index (κ1) is 11.1. The van der Waals surface area contributed by atoms with Crippen molar-refractivity contribution in [1.82, 2.24) is 5.32 Å². The Hall–Kier alpha value is -2.01. The topological polar surface area (TPSA) is 35.8 Å². The summed E-state index contributed by atoms with van der Waals surface area (Å²) in [5, 5.41) is 12.7. The van der Waals surface area contributed by atoms with Crippen LogP contribution in [0.15, 0.2) is 48.2 Å². The van der Waals surface area contributed by atoms with Crippen LogP contribution in [-0.2, 0) is 0 Å². The molecule has 1 aromatic rings. The van der Waals surface area contributed by atoms with Gasteiger partial charge < -0.3 is 5.32 Å². The zero-order valence-corrected chi connectivity index (χ0v) is 10.3. The fourth-order valence-electron chi connectivity index (χ4n) is 3.09. The number of hydrogen-bond acceptors (Lipinski definition) is 2. The van der Waals surface area contributed by atoms with Gasteiger partial charge in [0.15, 0.2) is 0 Å². The average molecular weight is 236 g/mol. The first-order valence-electron chi connectivity index (χ1n) is 6.50. The summed E-state index contributed by atoms with van der Waals surface area (Å²) in [6.07, 6.45) is 8.70. The first-order valence-corrected chi connectivity index (χ1v) is 6.50. The van der Waals surface area contributed by atoms with E-state index in [1.807, 2.05) is 18.2 Å². The van der Waals surface area contributed by atoms with E-state index in [1.54, 1.807) is 0 Å². The molecule has 1 saturated heterocycles. The molecule has 3 rings (SSSR count). The maximum absolute atomic E-state index is 9.25. The monoisotopic (exact) mass is 236 g/mol. The lowest BCUT2D eigenvalue weighted by Crippen LogP contribution is -2.34. The normalized spacial score (nSPS) is 25.6. The molecule has 2 atom stereocenters. The molecule has 2 heteroatoms. The van der Waals surface area contributed by atoms with Gasteiger partial charge in [0.05, 0.1) is 11.6 Å². The lowest BCUT2D eigenvalue weighted by Gasteiger charge is -2.36. The SMILES string of the molecule is N#Cc1ccccc1C1CCNC2=CC=CCC21. The molecule has 1 fully saturated rings.